The normalized spacial score (nSPS) is 20.1. The first-order valence-corrected chi connectivity index (χ1v) is 10.6. The topological polar surface area (TPSA) is 107 Å². The molecule has 0 saturated carbocycles. The summed E-state index contributed by atoms with van der Waals surface area (Å²) in [6, 6.07) is 1.42. The van der Waals surface area contributed by atoms with Crippen molar-refractivity contribution in [1.29, 1.82) is 0 Å². The molecule has 0 saturated heterocycles. The summed E-state index contributed by atoms with van der Waals surface area (Å²) in [7, 11) is 0. The number of allylic oxidation sites excluding steroid dienone is 2. The number of halogens is 2. The molecule has 0 amide bonds. The fraction of sp³-hybridized carbons (Fsp3) is 0.455. The van der Waals surface area contributed by atoms with Gasteiger partial charge in [0.05, 0.1) is 10.4 Å². The van der Waals surface area contributed by atoms with Crippen LogP contribution in [-0.2, 0) is 19.1 Å². The second-order valence-electron chi connectivity index (χ2n) is 8.19. The van der Waals surface area contributed by atoms with Crippen LogP contribution in [0, 0.1) is 5.41 Å². The lowest BCUT2D eigenvalue weighted by Crippen LogP contribution is -2.38. The van der Waals surface area contributed by atoms with Crippen LogP contribution in [0.25, 0.3) is 5.57 Å². The Morgan fingerprint density at radius 3 is 2.52 bits per heavy atom. The van der Waals surface area contributed by atoms with Gasteiger partial charge >= 0.3 is 11.9 Å². The minimum Gasteiger partial charge on any atom is -0.480 e. The minimum absolute atomic E-state index is 0.000990. The standard InChI is InChI=1S/C22H22Cl2O7/c1-4-6-22-7-5-11(25)8-13(22)16-12(19(22)27)9-14(17(23)18(16)24)30-10-15(26)31-21(2,3)20(28)29/h8-9H,4-7,10H2,1-3H3,(H,28,29). The van der Waals surface area contributed by atoms with Gasteiger partial charge in [0.25, 0.3) is 0 Å². The van der Waals surface area contributed by atoms with Crippen molar-refractivity contribution in [3.63, 3.8) is 0 Å². The third-order valence-electron chi connectivity index (χ3n) is 5.65. The van der Waals surface area contributed by atoms with Gasteiger partial charge in [0.1, 0.15) is 10.8 Å². The summed E-state index contributed by atoms with van der Waals surface area (Å²) in [5.41, 5.74) is -1.23. The van der Waals surface area contributed by atoms with Crippen molar-refractivity contribution in [1.82, 2.24) is 0 Å². The van der Waals surface area contributed by atoms with E-state index < -0.39 is 29.6 Å². The maximum absolute atomic E-state index is 13.4. The number of carboxylic acid groups (broad SMARTS) is 1. The largest absolute Gasteiger partial charge is 0.480 e. The molecule has 0 heterocycles. The van der Waals surface area contributed by atoms with Crippen LogP contribution in [0.1, 0.15) is 62.4 Å². The van der Waals surface area contributed by atoms with Gasteiger partial charge in [0.15, 0.2) is 18.2 Å². The van der Waals surface area contributed by atoms with Crippen LogP contribution in [0.2, 0.25) is 10.0 Å². The van der Waals surface area contributed by atoms with Crippen molar-refractivity contribution in [3.05, 3.63) is 33.3 Å². The smallest absolute Gasteiger partial charge is 0.347 e. The van der Waals surface area contributed by atoms with Crippen molar-refractivity contribution in [2.45, 2.75) is 52.1 Å². The van der Waals surface area contributed by atoms with E-state index in [1.807, 2.05) is 6.92 Å². The van der Waals surface area contributed by atoms with Gasteiger partial charge in [-0.25, -0.2) is 9.59 Å². The summed E-state index contributed by atoms with van der Waals surface area (Å²) in [5.74, 6) is -2.45. The Morgan fingerprint density at radius 1 is 1.23 bits per heavy atom. The summed E-state index contributed by atoms with van der Waals surface area (Å²) >= 11 is 12.8. The number of hydrogen-bond donors (Lipinski definition) is 1. The number of carboxylic acids is 1. The first kappa shape index (κ1) is 23.3. The number of hydrogen-bond acceptors (Lipinski definition) is 6. The number of carbonyl (C=O) groups excluding carboxylic acids is 3. The van der Waals surface area contributed by atoms with Gasteiger partial charge in [-0.1, -0.05) is 36.5 Å². The number of Topliss-reactive ketones (excluding diaryl/α,β-unsaturated/α-hetero) is 1. The zero-order chi connectivity index (χ0) is 23.1. The van der Waals surface area contributed by atoms with E-state index in [1.54, 1.807) is 0 Å². The van der Waals surface area contributed by atoms with Crippen LogP contribution in [-0.4, -0.2) is 40.8 Å². The van der Waals surface area contributed by atoms with Crippen LogP contribution in [0.5, 0.6) is 5.75 Å². The molecule has 3 rings (SSSR count). The molecule has 2 aliphatic carbocycles. The van der Waals surface area contributed by atoms with Gasteiger partial charge in [-0.15, -0.1) is 0 Å². The number of rotatable bonds is 7. The molecule has 0 aliphatic heterocycles. The van der Waals surface area contributed by atoms with Crippen molar-refractivity contribution in [2.24, 2.45) is 5.41 Å². The molecule has 1 aromatic carbocycles. The van der Waals surface area contributed by atoms with Gasteiger partial charge in [-0.05, 0) is 44.4 Å². The Morgan fingerprint density at radius 2 is 1.90 bits per heavy atom. The number of esters is 1. The zero-order valence-corrected chi connectivity index (χ0v) is 18.9. The van der Waals surface area contributed by atoms with Crippen molar-refractivity contribution < 1.29 is 33.8 Å². The average molecular weight is 469 g/mol. The molecule has 1 aromatic rings. The number of ether oxygens (including phenoxy) is 2. The summed E-state index contributed by atoms with van der Waals surface area (Å²) in [6.07, 6.45) is 3.48. The molecule has 1 N–H and O–H groups in total. The highest BCUT2D eigenvalue weighted by atomic mass is 35.5. The van der Waals surface area contributed by atoms with Crippen LogP contribution >= 0.6 is 23.2 Å². The fourth-order valence-corrected chi connectivity index (χ4v) is 4.59. The molecule has 0 spiro atoms. The molecule has 0 bridgehead atoms. The van der Waals surface area contributed by atoms with Gasteiger partial charge in [0.2, 0.25) is 5.60 Å². The lowest BCUT2D eigenvalue weighted by atomic mass is 9.69. The van der Waals surface area contributed by atoms with E-state index in [0.29, 0.717) is 24.0 Å². The number of ketones is 2. The first-order valence-electron chi connectivity index (χ1n) is 9.85. The van der Waals surface area contributed by atoms with E-state index in [9.17, 15) is 19.2 Å². The van der Waals surface area contributed by atoms with E-state index in [2.05, 4.69) is 0 Å². The van der Waals surface area contributed by atoms with Gasteiger partial charge in [-0.3, -0.25) is 9.59 Å². The summed E-state index contributed by atoms with van der Waals surface area (Å²) < 4.78 is 10.3. The molecule has 0 aromatic heterocycles. The first-order chi connectivity index (χ1) is 14.4. The van der Waals surface area contributed by atoms with E-state index in [4.69, 9.17) is 37.8 Å². The average Bonchev–Trinajstić information content (AvgIpc) is 2.92. The maximum Gasteiger partial charge on any atom is 0.347 e. The van der Waals surface area contributed by atoms with Gasteiger partial charge < -0.3 is 14.6 Å². The SMILES string of the molecule is CCCC12CCC(=O)C=C1c1c(cc(OCC(=O)OC(C)(C)C(=O)O)c(Cl)c1Cl)C2=O. The lowest BCUT2D eigenvalue weighted by Gasteiger charge is -2.31. The minimum atomic E-state index is -1.73. The van der Waals surface area contributed by atoms with Crippen LogP contribution in [0.15, 0.2) is 12.1 Å². The van der Waals surface area contributed by atoms with Crippen LogP contribution in [0.4, 0.5) is 0 Å². The third-order valence-corrected chi connectivity index (χ3v) is 6.50. The van der Waals surface area contributed by atoms with Gasteiger partial charge in [0, 0.05) is 17.5 Å². The molecule has 0 fully saturated rings. The maximum atomic E-state index is 13.4. The highest BCUT2D eigenvalue weighted by molar-refractivity contribution is 6.45. The summed E-state index contributed by atoms with van der Waals surface area (Å²) in [4.78, 5) is 48.6. The van der Waals surface area contributed by atoms with Crippen LogP contribution < -0.4 is 4.74 Å². The van der Waals surface area contributed by atoms with Crippen molar-refractivity contribution in [3.8, 4) is 5.75 Å². The quantitative estimate of drug-likeness (QED) is 0.586. The van der Waals surface area contributed by atoms with E-state index in [-0.39, 0.29) is 39.3 Å². The van der Waals surface area contributed by atoms with Gasteiger partial charge in [-0.2, -0.15) is 0 Å². The molecule has 1 atom stereocenters. The Balaban J connectivity index is 1.94. The molecule has 166 valence electrons. The fourth-order valence-electron chi connectivity index (χ4n) is 4.09. The Labute approximate surface area is 189 Å². The second-order valence-corrected chi connectivity index (χ2v) is 8.94. The number of aliphatic carboxylic acids is 1. The highest BCUT2D eigenvalue weighted by Gasteiger charge is 2.52. The molecule has 7 nitrogen and oxygen atoms in total. The van der Waals surface area contributed by atoms with E-state index >= 15 is 0 Å². The van der Waals surface area contributed by atoms with E-state index in [0.717, 1.165) is 6.42 Å². The molecule has 2 aliphatic rings. The van der Waals surface area contributed by atoms with Crippen molar-refractivity contribution >= 4 is 52.3 Å². The summed E-state index contributed by atoms with van der Waals surface area (Å²) in [5, 5.41) is 9.12. The predicted octanol–water partition coefficient (Wildman–Crippen LogP) is 4.51. The predicted molar refractivity (Wildman–Crippen MR) is 114 cm³/mol. The number of benzene rings is 1. The molecule has 1 unspecified atom stereocenters. The number of carbonyl (C=O) groups is 4. The Bertz CT molecular complexity index is 1030. The third kappa shape index (κ3) is 3.96. The Kier molecular flexibility index (Phi) is 6.22. The summed E-state index contributed by atoms with van der Waals surface area (Å²) in [6.45, 7) is 3.80. The monoisotopic (exact) mass is 468 g/mol. The molecular formula is C22H22Cl2O7. The molecule has 0 radical (unpaired) electrons. The number of fused-ring (bicyclic) bond motifs is 3. The van der Waals surface area contributed by atoms with Crippen molar-refractivity contribution in [2.75, 3.05) is 6.61 Å². The van der Waals surface area contributed by atoms with E-state index in [1.165, 1.54) is 26.0 Å². The zero-order valence-electron chi connectivity index (χ0n) is 17.3. The lowest BCUT2D eigenvalue weighted by molar-refractivity contribution is -0.175. The second kappa shape index (κ2) is 8.28. The Hall–Kier alpha value is -2.38. The highest BCUT2D eigenvalue weighted by Crippen LogP contribution is 2.58. The molecule has 31 heavy (non-hydrogen) atoms. The molecule has 9 heteroatoms. The molecular weight excluding hydrogens is 447 g/mol. The van der Waals surface area contributed by atoms with Crippen LogP contribution in [0.3, 0.4) is 0 Å².